The largest absolute Gasteiger partial charge is 0.394 e. The van der Waals surface area contributed by atoms with Crippen molar-refractivity contribution in [2.24, 2.45) is 5.10 Å². The number of hydrogen-bond acceptors (Lipinski definition) is 9. The monoisotopic (exact) mass is 482 g/mol. The third-order valence-electron chi connectivity index (χ3n) is 4.95. The average Bonchev–Trinajstić information content (AvgIpc) is 2.78. The molecule has 1 aliphatic rings. The van der Waals surface area contributed by atoms with E-state index in [-0.39, 0.29) is 4.90 Å². The van der Waals surface area contributed by atoms with Crippen molar-refractivity contribution in [2.75, 3.05) is 6.61 Å². The summed E-state index contributed by atoms with van der Waals surface area (Å²) >= 11 is 1.16. The summed E-state index contributed by atoms with van der Waals surface area (Å²) in [6.45, 7) is 1.39. The summed E-state index contributed by atoms with van der Waals surface area (Å²) in [5.74, 6) is 0. The predicted octanol–water partition coefficient (Wildman–Crippen LogP) is 0.394. The molecule has 174 valence electrons. The highest BCUT2D eigenvalue weighted by atomic mass is 32.2. The SMILES string of the molecule is Cc1ccc(S(=O)(=O)N/N=C/Cc2ccc(S[C@@H]3O[C@H](CO)[C@@H](O)[C@H](O)[C@H]3O)cc2)cc1. The molecule has 0 spiro atoms. The molecule has 0 saturated carbocycles. The second kappa shape index (κ2) is 10.8. The summed E-state index contributed by atoms with van der Waals surface area (Å²) in [7, 11) is -3.72. The molecule has 0 unspecified atom stereocenters. The van der Waals surface area contributed by atoms with Gasteiger partial charge in [-0.05, 0) is 36.8 Å². The number of aliphatic hydroxyl groups excluding tert-OH is 4. The van der Waals surface area contributed by atoms with E-state index in [4.69, 9.17) is 4.74 Å². The van der Waals surface area contributed by atoms with E-state index < -0.39 is 46.5 Å². The number of ether oxygens (including phenoxy) is 1. The molecule has 1 aliphatic heterocycles. The Morgan fingerprint density at radius 3 is 2.31 bits per heavy atom. The smallest absolute Gasteiger partial charge is 0.276 e. The van der Waals surface area contributed by atoms with Crippen molar-refractivity contribution in [3.63, 3.8) is 0 Å². The van der Waals surface area contributed by atoms with Crippen LogP contribution in [0.3, 0.4) is 0 Å². The summed E-state index contributed by atoms with van der Waals surface area (Å²) < 4.78 is 29.9. The lowest BCUT2D eigenvalue weighted by Crippen LogP contribution is -2.57. The fraction of sp³-hybridized carbons (Fsp3) is 0.381. The Balaban J connectivity index is 1.54. The second-order valence-electron chi connectivity index (χ2n) is 7.38. The maximum atomic E-state index is 12.2. The Bertz CT molecular complexity index is 1010. The first-order valence-corrected chi connectivity index (χ1v) is 12.2. The first kappa shape index (κ1) is 24.6. The van der Waals surface area contributed by atoms with Crippen LogP contribution in [0.2, 0.25) is 0 Å². The highest BCUT2D eigenvalue weighted by Crippen LogP contribution is 2.33. The van der Waals surface area contributed by atoms with E-state index in [1.807, 2.05) is 19.1 Å². The predicted molar refractivity (Wildman–Crippen MR) is 120 cm³/mol. The molecule has 1 heterocycles. The molecule has 32 heavy (non-hydrogen) atoms. The fourth-order valence-electron chi connectivity index (χ4n) is 3.03. The highest BCUT2D eigenvalue weighted by molar-refractivity contribution is 7.99. The Kier molecular flexibility index (Phi) is 8.28. The molecule has 2 aromatic rings. The minimum atomic E-state index is -3.72. The summed E-state index contributed by atoms with van der Waals surface area (Å²) in [4.78, 5) is 3.06. The van der Waals surface area contributed by atoms with E-state index in [2.05, 4.69) is 9.93 Å². The summed E-state index contributed by atoms with van der Waals surface area (Å²) in [5.41, 5.74) is 0.983. The third kappa shape index (κ3) is 6.07. The van der Waals surface area contributed by atoms with Crippen molar-refractivity contribution >= 4 is 28.0 Å². The Hall–Kier alpha value is -1.99. The number of nitrogens with zero attached hydrogens (tertiary/aromatic N) is 1. The van der Waals surface area contributed by atoms with E-state index in [1.165, 1.54) is 18.3 Å². The molecule has 1 fully saturated rings. The zero-order valence-corrected chi connectivity index (χ0v) is 18.9. The maximum absolute atomic E-state index is 12.2. The first-order chi connectivity index (χ1) is 15.2. The molecule has 0 bridgehead atoms. The summed E-state index contributed by atoms with van der Waals surface area (Å²) in [6.07, 6.45) is -3.24. The molecule has 3 rings (SSSR count). The van der Waals surface area contributed by atoms with Gasteiger partial charge in [-0.2, -0.15) is 13.5 Å². The quantitative estimate of drug-likeness (QED) is 0.268. The number of benzene rings is 2. The molecule has 0 aliphatic carbocycles. The number of aliphatic hydroxyl groups is 4. The van der Waals surface area contributed by atoms with E-state index in [1.54, 1.807) is 24.3 Å². The van der Waals surface area contributed by atoms with Gasteiger partial charge < -0.3 is 25.2 Å². The minimum absolute atomic E-state index is 0.134. The molecular formula is C21H26N2O7S2. The Labute approximate surface area is 190 Å². The van der Waals surface area contributed by atoms with Crippen molar-refractivity contribution in [3.8, 4) is 0 Å². The van der Waals surface area contributed by atoms with Crippen LogP contribution in [0.4, 0.5) is 0 Å². The topological polar surface area (TPSA) is 149 Å². The van der Waals surface area contributed by atoms with Crippen LogP contribution in [-0.2, 0) is 21.2 Å². The maximum Gasteiger partial charge on any atom is 0.276 e. The van der Waals surface area contributed by atoms with Gasteiger partial charge in [-0.1, -0.05) is 41.6 Å². The van der Waals surface area contributed by atoms with Crippen LogP contribution in [0.1, 0.15) is 11.1 Å². The Morgan fingerprint density at radius 1 is 1.03 bits per heavy atom. The summed E-state index contributed by atoms with van der Waals surface area (Å²) in [6, 6.07) is 13.6. The van der Waals surface area contributed by atoms with Crippen molar-refractivity contribution in [2.45, 2.75) is 53.0 Å². The number of thioether (sulfide) groups is 1. The van der Waals surface area contributed by atoms with Gasteiger partial charge in [0.05, 0.1) is 11.5 Å². The molecule has 11 heteroatoms. The van der Waals surface area contributed by atoms with Crippen LogP contribution in [-0.4, -0.2) is 71.5 Å². The zero-order chi connectivity index (χ0) is 23.3. The van der Waals surface area contributed by atoms with Crippen LogP contribution < -0.4 is 4.83 Å². The lowest BCUT2D eigenvalue weighted by atomic mass is 10.0. The van der Waals surface area contributed by atoms with Crippen molar-refractivity contribution in [1.82, 2.24) is 4.83 Å². The van der Waals surface area contributed by atoms with E-state index in [9.17, 15) is 28.8 Å². The van der Waals surface area contributed by atoms with E-state index in [0.717, 1.165) is 27.8 Å². The van der Waals surface area contributed by atoms with Crippen LogP contribution in [0.25, 0.3) is 0 Å². The van der Waals surface area contributed by atoms with E-state index in [0.29, 0.717) is 6.42 Å². The zero-order valence-electron chi connectivity index (χ0n) is 17.3. The van der Waals surface area contributed by atoms with Gasteiger partial charge in [0.25, 0.3) is 10.0 Å². The molecule has 2 aromatic carbocycles. The average molecular weight is 483 g/mol. The molecular weight excluding hydrogens is 456 g/mol. The van der Waals surface area contributed by atoms with Crippen LogP contribution >= 0.6 is 11.8 Å². The molecule has 0 radical (unpaired) electrons. The number of sulfonamides is 1. The number of aryl methyl sites for hydroxylation is 1. The molecule has 0 aromatic heterocycles. The molecule has 5 N–H and O–H groups in total. The molecule has 5 atom stereocenters. The molecule has 0 amide bonds. The number of nitrogens with one attached hydrogen (secondary N) is 1. The van der Waals surface area contributed by atoms with Gasteiger partial charge in [-0.3, -0.25) is 0 Å². The fourth-order valence-corrected chi connectivity index (χ4v) is 4.90. The van der Waals surface area contributed by atoms with Gasteiger partial charge in [0.1, 0.15) is 29.9 Å². The highest BCUT2D eigenvalue weighted by Gasteiger charge is 2.43. The van der Waals surface area contributed by atoms with Gasteiger partial charge in [-0.25, -0.2) is 4.83 Å². The summed E-state index contributed by atoms with van der Waals surface area (Å²) in [5, 5.41) is 42.9. The lowest BCUT2D eigenvalue weighted by Gasteiger charge is -2.39. The van der Waals surface area contributed by atoms with Crippen LogP contribution in [0, 0.1) is 6.92 Å². The van der Waals surface area contributed by atoms with Crippen molar-refractivity contribution in [1.29, 1.82) is 0 Å². The van der Waals surface area contributed by atoms with Gasteiger partial charge in [0.15, 0.2) is 0 Å². The van der Waals surface area contributed by atoms with Gasteiger partial charge >= 0.3 is 0 Å². The van der Waals surface area contributed by atoms with Gasteiger partial charge in [-0.15, -0.1) is 0 Å². The van der Waals surface area contributed by atoms with Crippen LogP contribution in [0.5, 0.6) is 0 Å². The van der Waals surface area contributed by atoms with Crippen molar-refractivity contribution < 1.29 is 33.6 Å². The number of rotatable bonds is 8. The number of hydrogen-bond donors (Lipinski definition) is 5. The Morgan fingerprint density at radius 2 is 1.69 bits per heavy atom. The lowest BCUT2D eigenvalue weighted by molar-refractivity contribution is -0.205. The third-order valence-corrected chi connectivity index (χ3v) is 7.35. The van der Waals surface area contributed by atoms with Gasteiger partial charge in [0.2, 0.25) is 0 Å². The molecule has 9 nitrogen and oxygen atoms in total. The molecule has 1 saturated heterocycles. The van der Waals surface area contributed by atoms with Crippen LogP contribution in [0.15, 0.2) is 63.4 Å². The standard InChI is InChI=1S/C21H26N2O7S2/c1-13-2-8-16(9-3-13)32(28,29)23-22-11-10-14-4-6-15(7-5-14)31-21-20(27)19(26)18(25)17(12-24)30-21/h2-9,11,17-21,23-27H,10,12H2,1H3/b22-11+/t17-,18-,19+,20-,21+/m1/s1. The number of hydrazone groups is 1. The van der Waals surface area contributed by atoms with Gasteiger partial charge in [0, 0.05) is 17.5 Å². The first-order valence-electron chi connectivity index (χ1n) is 9.87. The minimum Gasteiger partial charge on any atom is -0.394 e. The van der Waals surface area contributed by atoms with Crippen molar-refractivity contribution in [3.05, 3.63) is 59.7 Å². The normalized spacial score (nSPS) is 26.3. The second-order valence-corrected chi connectivity index (χ2v) is 10.2. The van der Waals surface area contributed by atoms with E-state index >= 15 is 0 Å².